The molecular formula is C20H23NO3. The third kappa shape index (κ3) is 3.09. The van der Waals surface area contributed by atoms with Crippen LogP contribution in [0, 0.1) is 0 Å². The summed E-state index contributed by atoms with van der Waals surface area (Å²) in [5.74, 6) is 1.22. The number of ether oxygens (including phenoxy) is 2. The molecule has 0 saturated heterocycles. The van der Waals surface area contributed by atoms with Crippen LogP contribution in [0.4, 0.5) is 0 Å². The van der Waals surface area contributed by atoms with Gasteiger partial charge in [0.1, 0.15) is 11.5 Å². The van der Waals surface area contributed by atoms with Gasteiger partial charge in [0.05, 0.1) is 20.3 Å². The van der Waals surface area contributed by atoms with Crippen molar-refractivity contribution >= 4 is 5.91 Å². The smallest absolute Gasteiger partial charge is 0.254 e. The van der Waals surface area contributed by atoms with Crippen LogP contribution in [-0.4, -0.2) is 32.1 Å². The van der Waals surface area contributed by atoms with Gasteiger partial charge in [-0.25, -0.2) is 0 Å². The Balaban J connectivity index is 1.91. The van der Waals surface area contributed by atoms with Gasteiger partial charge in [-0.3, -0.25) is 4.79 Å². The topological polar surface area (TPSA) is 38.8 Å². The molecule has 0 bridgehead atoms. The number of fused-ring (bicyclic) bond motifs is 1. The Hall–Kier alpha value is -2.49. The molecule has 1 aliphatic rings. The Morgan fingerprint density at radius 1 is 1.08 bits per heavy atom. The van der Waals surface area contributed by atoms with E-state index in [1.807, 2.05) is 18.0 Å². The van der Waals surface area contributed by atoms with Crippen LogP contribution < -0.4 is 9.47 Å². The van der Waals surface area contributed by atoms with Crippen LogP contribution in [0.1, 0.15) is 40.4 Å². The fraction of sp³-hybridized carbons (Fsp3) is 0.350. The van der Waals surface area contributed by atoms with Crippen molar-refractivity contribution in [3.8, 4) is 11.5 Å². The molecule has 0 heterocycles. The standard InChI is InChI=1S/C20H23NO3/c1-21(19-10-6-8-14-7-4-5-9-18(14)19)20(22)15-11-16(23-2)13-17(12-15)24-3/h4-5,7,9,11-13,19H,6,8,10H2,1-3H3/t19-/m1/s1. The van der Waals surface area contributed by atoms with Crippen LogP contribution >= 0.6 is 0 Å². The number of aryl methyl sites for hydroxylation is 1. The summed E-state index contributed by atoms with van der Waals surface area (Å²) in [7, 11) is 5.05. The zero-order valence-corrected chi connectivity index (χ0v) is 14.4. The van der Waals surface area contributed by atoms with E-state index in [1.165, 1.54) is 11.1 Å². The van der Waals surface area contributed by atoms with Crippen LogP contribution in [0.5, 0.6) is 11.5 Å². The SMILES string of the molecule is COc1cc(OC)cc(C(=O)N(C)[C@@H]2CCCc3ccccc32)c1. The Morgan fingerprint density at radius 3 is 2.42 bits per heavy atom. The summed E-state index contributed by atoms with van der Waals surface area (Å²) in [5.41, 5.74) is 3.18. The first-order valence-corrected chi connectivity index (χ1v) is 8.22. The Bertz CT molecular complexity index is 719. The Morgan fingerprint density at radius 2 is 1.75 bits per heavy atom. The number of hydrogen-bond donors (Lipinski definition) is 0. The molecule has 1 amide bonds. The molecule has 4 nitrogen and oxygen atoms in total. The second-order valence-corrected chi connectivity index (χ2v) is 6.12. The molecule has 0 saturated carbocycles. The Labute approximate surface area is 143 Å². The first-order valence-electron chi connectivity index (χ1n) is 8.22. The summed E-state index contributed by atoms with van der Waals surface area (Å²) >= 11 is 0. The second-order valence-electron chi connectivity index (χ2n) is 6.12. The van der Waals surface area contributed by atoms with Crippen molar-refractivity contribution < 1.29 is 14.3 Å². The molecule has 2 aromatic carbocycles. The van der Waals surface area contributed by atoms with Crippen molar-refractivity contribution in [1.82, 2.24) is 4.90 Å². The maximum absolute atomic E-state index is 13.0. The van der Waals surface area contributed by atoms with Crippen LogP contribution in [0.15, 0.2) is 42.5 Å². The van der Waals surface area contributed by atoms with Crippen molar-refractivity contribution in [1.29, 1.82) is 0 Å². The summed E-state index contributed by atoms with van der Waals surface area (Å²) < 4.78 is 10.6. The molecule has 0 unspecified atom stereocenters. The zero-order chi connectivity index (χ0) is 17.1. The number of carbonyl (C=O) groups is 1. The van der Waals surface area contributed by atoms with Gasteiger partial charge >= 0.3 is 0 Å². The van der Waals surface area contributed by atoms with E-state index in [4.69, 9.17) is 9.47 Å². The van der Waals surface area contributed by atoms with Gasteiger partial charge in [0.2, 0.25) is 0 Å². The molecule has 1 atom stereocenters. The summed E-state index contributed by atoms with van der Waals surface area (Å²) in [6.45, 7) is 0. The van der Waals surface area contributed by atoms with Gasteiger partial charge in [0.15, 0.2) is 0 Å². The van der Waals surface area contributed by atoms with E-state index >= 15 is 0 Å². The predicted octanol–water partition coefficient (Wildman–Crippen LogP) is 3.85. The molecule has 0 spiro atoms. The summed E-state index contributed by atoms with van der Waals surface area (Å²) in [6, 6.07) is 13.8. The quantitative estimate of drug-likeness (QED) is 0.857. The molecule has 0 aliphatic heterocycles. The number of carbonyl (C=O) groups excluding carboxylic acids is 1. The fourth-order valence-corrected chi connectivity index (χ4v) is 3.41. The molecule has 126 valence electrons. The van der Waals surface area contributed by atoms with Gasteiger partial charge in [-0.2, -0.15) is 0 Å². The minimum atomic E-state index is -0.0195. The number of methoxy groups -OCH3 is 2. The van der Waals surface area contributed by atoms with E-state index in [9.17, 15) is 4.79 Å². The van der Waals surface area contributed by atoms with E-state index < -0.39 is 0 Å². The highest BCUT2D eigenvalue weighted by Crippen LogP contribution is 2.34. The van der Waals surface area contributed by atoms with Crippen LogP contribution in [0.3, 0.4) is 0 Å². The van der Waals surface area contributed by atoms with Crippen molar-refractivity contribution in [2.75, 3.05) is 21.3 Å². The molecule has 4 heteroatoms. The number of nitrogens with zero attached hydrogens (tertiary/aromatic N) is 1. The average molecular weight is 325 g/mol. The largest absolute Gasteiger partial charge is 0.497 e. The van der Waals surface area contributed by atoms with Crippen molar-refractivity contribution in [3.63, 3.8) is 0 Å². The van der Waals surface area contributed by atoms with Gasteiger partial charge in [0, 0.05) is 18.7 Å². The average Bonchev–Trinajstić information content (AvgIpc) is 2.65. The van der Waals surface area contributed by atoms with E-state index in [0.29, 0.717) is 17.1 Å². The normalized spacial score (nSPS) is 16.2. The molecule has 0 N–H and O–H groups in total. The predicted molar refractivity (Wildman–Crippen MR) is 93.8 cm³/mol. The zero-order valence-electron chi connectivity index (χ0n) is 14.4. The third-order valence-electron chi connectivity index (χ3n) is 4.72. The monoisotopic (exact) mass is 325 g/mol. The van der Waals surface area contributed by atoms with Crippen LogP contribution in [0.2, 0.25) is 0 Å². The van der Waals surface area contributed by atoms with Gasteiger partial charge in [-0.05, 0) is 42.5 Å². The highest BCUT2D eigenvalue weighted by molar-refractivity contribution is 5.95. The lowest BCUT2D eigenvalue weighted by Crippen LogP contribution is -2.33. The third-order valence-corrected chi connectivity index (χ3v) is 4.72. The number of amides is 1. The first kappa shape index (κ1) is 16.4. The first-order chi connectivity index (χ1) is 11.6. The minimum absolute atomic E-state index is 0.0195. The van der Waals surface area contributed by atoms with E-state index in [-0.39, 0.29) is 11.9 Å². The number of hydrogen-bond acceptors (Lipinski definition) is 3. The van der Waals surface area contributed by atoms with Gasteiger partial charge in [0.25, 0.3) is 5.91 Å². The fourth-order valence-electron chi connectivity index (χ4n) is 3.41. The maximum atomic E-state index is 13.0. The minimum Gasteiger partial charge on any atom is -0.497 e. The number of rotatable bonds is 4. The highest BCUT2D eigenvalue weighted by Gasteiger charge is 2.27. The second kappa shape index (κ2) is 6.95. The van der Waals surface area contributed by atoms with Crippen LogP contribution in [0.25, 0.3) is 0 Å². The lowest BCUT2D eigenvalue weighted by Gasteiger charge is -2.33. The maximum Gasteiger partial charge on any atom is 0.254 e. The van der Waals surface area contributed by atoms with Crippen LogP contribution in [-0.2, 0) is 6.42 Å². The lowest BCUT2D eigenvalue weighted by molar-refractivity contribution is 0.0714. The molecule has 0 radical (unpaired) electrons. The van der Waals surface area contributed by atoms with Crippen molar-refractivity contribution in [2.45, 2.75) is 25.3 Å². The van der Waals surface area contributed by atoms with Gasteiger partial charge < -0.3 is 14.4 Å². The molecule has 0 fully saturated rings. The summed E-state index contributed by atoms with van der Waals surface area (Å²) in [4.78, 5) is 14.8. The van der Waals surface area contributed by atoms with E-state index in [2.05, 4.69) is 18.2 Å². The number of benzene rings is 2. The molecule has 24 heavy (non-hydrogen) atoms. The summed E-state index contributed by atoms with van der Waals surface area (Å²) in [5, 5.41) is 0. The molecule has 2 aromatic rings. The molecule has 0 aromatic heterocycles. The van der Waals surface area contributed by atoms with Gasteiger partial charge in [-0.1, -0.05) is 24.3 Å². The van der Waals surface area contributed by atoms with E-state index in [0.717, 1.165) is 19.3 Å². The van der Waals surface area contributed by atoms with E-state index in [1.54, 1.807) is 32.4 Å². The lowest BCUT2D eigenvalue weighted by atomic mass is 9.87. The Kier molecular flexibility index (Phi) is 4.74. The highest BCUT2D eigenvalue weighted by atomic mass is 16.5. The molecule has 3 rings (SSSR count). The van der Waals surface area contributed by atoms with Crippen molar-refractivity contribution in [3.05, 3.63) is 59.2 Å². The van der Waals surface area contributed by atoms with Crippen molar-refractivity contribution in [2.24, 2.45) is 0 Å². The summed E-state index contributed by atoms with van der Waals surface area (Å²) in [6.07, 6.45) is 3.17. The van der Waals surface area contributed by atoms with Gasteiger partial charge in [-0.15, -0.1) is 0 Å². The molecular weight excluding hydrogens is 302 g/mol. The molecule has 1 aliphatic carbocycles.